The van der Waals surface area contributed by atoms with Crippen molar-refractivity contribution in [2.24, 2.45) is 0 Å². The van der Waals surface area contributed by atoms with E-state index in [9.17, 15) is 9.18 Å². The molecule has 1 aromatic carbocycles. The fourth-order valence-corrected chi connectivity index (χ4v) is 3.03. The van der Waals surface area contributed by atoms with Crippen LogP contribution in [0, 0.1) is 12.7 Å². The molecule has 26 heavy (non-hydrogen) atoms. The average Bonchev–Trinajstić information content (AvgIpc) is 3.07. The zero-order valence-electron chi connectivity index (χ0n) is 15.3. The fourth-order valence-electron chi connectivity index (χ4n) is 3.03. The number of benzene rings is 1. The van der Waals surface area contributed by atoms with E-state index in [0.717, 1.165) is 18.8 Å². The molecule has 5 nitrogen and oxygen atoms in total. The number of aryl methyl sites for hydroxylation is 2. The van der Waals surface area contributed by atoms with Gasteiger partial charge in [-0.25, -0.2) is 9.37 Å². The maximum atomic E-state index is 13.4. The standard InChI is InChI=1S/C20H23FN4O/c1-13(2)19-22-8-10-25(19)9-4-7-23-20(26)17-12-15-11-16(21)5-6-18(15)24-14(17)3/h5-6,8,10-13H,4,7,9H2,1-3H3,(H,23,26). The topological polar surface area (TPSA) is 59.8 Å². The smallest absolute Gasteiger partial charge is 0.253 e. The van der Waals surface area contributed by atoms with Crippen LogP contribution in [-0.2, 0) is 6.54 Å². The van der Waals surface area contributed by atoms with Gasteiger partial charge in [0.15, 0.2) is 0 Å². The molecule has 0 saturated carbocycles. The van der Waals surface area contributed by atoms with Gasteiger partial charge < -0.3 is 9.88 Å². The summed E-state index contributed by atoms with van der Waals surface area (Å²) in [5.41, 5.74) is 1.80. The number of halogens is 1. The summed E-state index contributed by atoms with van der Waals surface area (Å²) in [7, 11) is 0. The van der Waals surface area contributed by atoms with Gasteiger partial charge in [0, 0.05) is 36.8 Å². The molecule has 1 amide bonds. The van der Waals surface area contributed by atoms with E-state index in [2.05, 4.69) is 33.7 Å². The molecule has 3 rings (SSSR count). The van der Waals surface area contributed by atoms with Crippen LogP contribution in [-0.4, -0.2) is 27.0 Å². The number of nitrogens with zero attached hydrogens (tertiary/aromatic N) is 3. The van der Waals surface area contributed by atoms with Gasteiger partial charge in [-0.1, -0.05) is 13.8 Å². The van der Waals surface area contributed by atoms with Crippen molar-refractivity contribution >= 4 is 16.8 Å². The van der Waals surface area contributed by atoms with Crippen LogP contribution < -0.4 is 5.32 Å². The van der Waals surface area contributed by atoms with Crippen LogP contribution in [0.25, 0.3) is 10.9 Å². The Kier molecular flexibility index (Phi) is 5.30. The van der Waals surface area contributed by atoms with Crippen molar-refractivity contribution in [1.29, 1.82) is 0 Å². The number of pyridine rings is 1. The van der Waals surface area contributed by atoms with Crippen molar-refractivity contribution in [2.45, 2.75) is 39.7 Å². The summed E-state index contributed by atoms with van der Waals surface area (Å²) in [4.78, 5) is 21.2. The second-order valence-corrected chi connectivity index (χ2v) is 6.70. The Labute approximate surface area is 152 Å². The first-order valence-corrected chi connectivity index (χ1v) is 8.82. The van der Waals surface area contributed by atoms with Gasteiger partial charge in [0.2, 0.25) is 0 Å². The molecular weight excluding hydrogens is 331 g/mol. The monoisotopic (exact) mass is 354 g/mol. The zero-order chi connectivity index (χ0) is 18.7. The maximum absolute atomic E-state index is 13.4. The SMILES string of the molecule is Cc1nc2ccc(F)cc2cc1C(=O)NCCCn1ccnc1C(C)C. The number of imidazole rings is 1. The molecule has 0 aliphatic heterocycles. The molecule has 6 heteroatoms. The number of aromatic nitrogens is 3. The number of fused-ring (bicyclic) bond motifs is 1. The van der Waals surface area contributed by atoms with Gasteiger partial charge in [0.05, 0.1) is 16.8 Å². The lowest BCUT2D eigenvalue weighted by Crippen LogP contribution is -2.26. The Morgan fingerprint density at radius 1 is 1.31 bits per heavy atom. The zero-order valence-corrected chi connectivity index (χ0v) is 15.3. The van der Waals surface area contributed by atoms with Gasteiger partial charge in [0.25, 0.3) is 5.91 Å². The summed E-state index contributed by atoms with van der Waals surface area (Å²) >= 11 is 0. The van der Waals surface area contributed by atoms with E-state index in [1.807, 2.05) is 6.20 Å². The van der Waals surface area contributed by atoms with Gasteiger partial charge in [-0.05, 0) is 37.6 Å². The number of hydrogen-bond donors (Lipinski definition) is 1. The molecule has 0 aliphatic carbocycles. The third kappa shape index (κ3) is 3.90. The van der Waals surface area contributed by atoms with Gasteiger partial charge in [-0.2, -0.15) is 0 Å². The molecule has 2 heterocycles. The summed E-state index contributed by atoms with van der Waals surface area (Å²) in [5.74, 6) is 0.894. The van der Waals surface area contributed by atoms with Crippen molar-refractivity contribution in [3.63, 3.8) is 0 Å². The highest BCUT2D eigenvalue weighted by Gasteiger charge is 2.12. The molecule has 136 valence electrons. The third-order valence-electron chi connectivity index (χ3n) is 4.34. The molecule has 0 atom stereocenters. The molecule has 0 spiro atoms. The Bertz CT molecular complexity index is 933. The van der Waals surface area contributed by atoms with E-state index in [0.29, 0.717) is 34.6 Å². The molecule has 0 bridgehead atoms. The van der Waals surface area contributed by atoms with Crippen LogP contribution in [0.2, 0.25) is 0 Å². The first-order valence-electron chi connectivity index (χ1n) is 8.82. The Morgan fingerprint density at radius 3 is 2.88 bits per heavy atom. The molecule has 0 aliphatic rings. The quantitative estimate of drug-likeness (QED) is 0.685. The first-order chi connectivity index (χ1) is 12.5. The van der Waals surface area contributed by atoms with Gasteiger partial charge in [0.1, 0.15) is 11.6 Å². The minimum absolute atomic E-state index is 0.184. The van der Waals surface area contributed by atoms with Crippen molar-refractivity contribution in [3.05, 3.63) is 59.6 Å². The highest BCUT2D eigenvalue weighted by atomic mass is 19.1. The van der Waals surface area contributed by atoms with E-state index in [1.54, 1.807) is 25.3 Å². The number of nitrogens with one attached hydrogen (secondary N) is 1. The van der Waals surface area contributed by atoms with Crippen molar-refractivity contribution in [1.82, 2.24) is 19.9 Å². The van der Waals surface area contributed by atoms with Crippen molar-refractivity contribution in [2.75, 3.05) is 6.54 Å². The van der Waals surface area contributed by atoms with E-state index >= 15 is 0 Å². The van der Waals surface area contributed by atoms with E-state index in [4.69, 9.17) is 0 Å². The molecule has 1 N–H and O–H groups in total. The normalized spacial score (nSPS) is 11.3. The fraction of sp³-hybridized carbons (Fsp3) is 0.350. The lowest BCUT2D eigenvalue weighted by atomic mass is 10.1. The molecule has 0 radical (unpaired) electrons. The minimum Gasteiger partial charge on any atom is -0.352 e. The number of hydrogen-bond acceptors (Lipinski definition) is 3. The highest BCUT2D eigenvalue weighted by Crippen LogP contribution is 2.18. The third-order valence-corrected chi connectivity index (χ3v) is 4.34. The highest BCUT2D eigenvalue weighted by molar-refractivity contribution is 5.98. The largest absolute Gasteiger partial charge is 0.352 e. The van der Waals surface area contributed by atoms with Crippen LogP contribution in [0.4, 0.5) is 4.39 Å². The molecule has 0 saturated heterocycles. The molecule has 2 aromatic heterocycles. The minimum atomic E-state index is -0.337. The van der Waals surface area contributed by atoms with E-state index < -0.39 is 0 Å². The molecule has 0 unspecified atom stereocenters. The molecular formula is C20H23FN4O. The second kappa shape index (κ2) is 7.64. The summed E-state index contributed by atoms with van der Waals surface area (Å²) in [6, 6.07) is 6.08. The lowest BCUT2D eigenvalue weighted by Gasteiger charge is -2.11. The lowest BCUT2D eigenvalue weighted by molar-refractivity contribution is 0.0952. The van der Waals surface area contributed by atoms with E-state index in [-0.39, 0.29) is 11.7 Å². The van der Waals surface area contributed by atoms with Gasteiger partial charge >= 0.3 is 0 Å². The van der Waals surface area contributed by atoms with Gasteiger partial charge in [-0.15, -0.1) is 0 Å². The number of carbonyl (C=O) groups is 1. The van der Waals surface area contributed by atoms with Crippen LogP contribution in [0.3, 0.4) is 0 Å². The van der Waals surface area contributed by atoms with Crippen LogP contribution in [0.1, 0.15) is 48.1 Å². The van der Waals surface area contributed by atoms with Crippen molar-refractivity contribution < 1.29 is 9.18 Å². The predicted molar refractivity (Wildman–Crippen MR) is 99.7 cm³/mol. The Hall–Kier alpha value is -2.76. The Morgan fingerprint density at radius 2 is 2.12 bits per heavy atom. The van der Waals surface area contributed by atoms with Crippen molar-refractivity contribution in [3.8, 4) is 0 Å². The number of amides is 1. The number of carbonyl (C=O) groups excluding carboxylic acids is 1. The average molecular weight is 354 g/mol. The summed E-state index contributed by atoms with van der Waals surface area (Å²) in [6.07, 6.45) is 4.57. The molecule has 3 aromatic rings. The van der Waals surface area contributed by atoms with Crippen LogP contribution in [0.15, 0.2) is 36.7 Å². The first kappa shape index (κ1) is 18.0. The summed E-state index contributed by atoms with van der Waals surface area (Å²) < 4.78 is 15.5. The number of rotatable bonds is 6. The van der Waals surface area contributed by atoms with Crippen LogP contribution >= 0.6 is 0 Å². The van der Waals surface area contributed by atoms with E-state index in [1.165, 1.54) is 12.1 Å². The van der Waals surface area contributed by atoms with Gasteiger partial charge in [-0.3, -0.25) is 9.78 Å². The molecule has 0 fully saturated rings. The summed E-state index contributed by atoms with van der Waals surface area (Å²) in [6.45, 7) is 7.36. The summed E-state index contributed by atoms with van der Waals surface area (Å²) in [5, 5.41) is 3.55. The van der Waals surface area contributed by atoms with Crippen LogP contribution in [0.5, 0.6) is 0 Å². The Balaban J connectivity index is 1.62. The maximum Gasteiger partial charge on any atom is 0.253 e. The predicted octanol–water partition coefficient (Wildman–Crippen LogP) is 3.82. The second-order valence-electron chi connectivity index (χ2n) is 6.70.